The topological polar surface area (TPSA) is 94.8 Å². The minimum absolute atomic E-state index is 0.0474. The Kier molecular flexibility index (Phi) is 8.71. The molecule has 1 saturated heterocycles. The maximum atomic E-state index is 12.6. The van der Waals surface area contributed by atoms with Gasteiger partial charge in [0, 0.05) is 48.3 Å². The number of aliphatic hydroxyl groups is 1. The van der Waals surface area contributed by atoms with Gasteiger partial charge in [-0.25, -0.2) is 4.99 Å². The number of aromatic nitrogens is 2. The Morgan fingerprint density at radius 3 is 2.57 bits per heavy atom. The predicted molar refractivity (Wildman–Crippen MR) is 141 cm³/mol. The monoisotopic (exact) mass is 478 g/mol. The molecule has 2 aliphatic rings. The molecule has 4 rings (SSSR count). The number of amidine groups is 1. The second-order valence-corrected chi connectivity index (χ2v) is 9.64. The number of carbonyl (C=O) groups is 1. The average molecular weight is 479 g/mol. The van der Waals surface area contributed by atoms with Crippen molar-refractivity contribution >= 4 is 30.2 Å². The van der Waals surface area contributed by atoms with Crippen LogP contribution in [0.5, 0.6) is 0 Å². The van der Waals surface area contributed by atoms with E-state index in [0.717, 1.165) is 48.0 Å². The van der Waals surface area contributed by atoms with Crippen molar-refractivity contribution in [3.05, 3.63) is 46.6 Å². The molecular weight excluding hydrogens is 440 g/mol. The van der Waals surface area contributed by atoms with Crippen LogP contribution in [0.1, 0.15) is 68.3 Å². The van der Waals surface area contributed by atoms with E-state index in [1.165, 1.54) is 32.1 Å². The highest BCUT2D eigenvalue weighted by molar-refractivity contribution is 5.97. The number of carbonyl (C=O) groups excluding carboxylic acids is 1. The predicted octanol–water partition coefficient (Wildman–Crippen LogP) is 2.25. The van der Waals surface area contributed by atoms with Crippen LogP contribution in [0.4, 0.5) is 5.69 Å². The Morgan fingerprint density at radius 2 is 1.89 bits per heavy atom. The zero-order valence-corrected chi connectivity index (χ0v) is 20.7. The van der Waals surface area contributed by atoms with Crippen LogP contribution in [-0.4, -0.2) is 63.8 Å². The second kappa shape index (κ2) is 12.1. The fraction of sp³-hybridized carbons (Fsp3) is 0.519. The summed E-state index contributed by atoms with van der Waals surface area (Å²) in [5, 5.41) is 21.9. The molecule has 188 valence electrons. The van der Waals surface area contributed by atoms with Crippen molar-refractivity contribution in [2.24, 2.45) is 4.99 Å². The van der Waals surface area contributed by atoms with Crippen molar-refractivity contribution in [3.63, 3.8) is 0 Å². The minimum Gasteiger partial charge on any atom is -0.395 e. The summed E-state index contributed by atoms with van der Waals surface area (Å²) in [6, 6.07) is 8.09. The zero-order chi connectivity index (χ0) is 24.6. The molecule has 0 bridgehead atoms. The van der Waals surface area contributed by atoms with Crippen LogP contribution in [-0.2, 0) is 0 Å². The molecule has 1 aromatic heterocycles. The molecule has 1 aliphatic carbocycles. The van der Waals surface area contributed by atoms with E-state index in [-0.39, 0.29) is 18.6 Å². The van der Waals surface area contributed by atoms with Gasteiger partial charge in [-0.2, -0.15) is 5.10 Å². The molecule has 2 aromatic rings. The maximum Gasteiger partial charge on any atom is 0.251 e. The Morgan fingerprint density at radius 1 is 1.17 bits per heavy atom. The van der Waals surface area contributed by atoms with Crippen molar-refractivity contribution in [1.82, 2.24) is 20.0 Å². The van der Waals surface area contributed by atoms with E-state index in [1.807, 2.05) is 43.6 Å². The number of nitrogens with zero attached hydrogens (tertiary/aromatic N) is 4. The minimum atomic E-state index is -0.0474. The molecule has 0 unspecified atom stereocenters. The van der Waals surface area contributed by atoms with Gasteiger partial charge in [0.1, 0.15) is 5.84 Å². The smallest absolute Gasteiger partial charge is 0.251 e. The van der Waals surface area contributed by atoms with Gasteiger partial charge >= 0.3 is 0 Å². The van der Waals surface area contributed by atoms with Crippen molar-refractivity contribution in [3.8, 4) is 0 Å². The van der Waals surface area contributed by atoms with Gasteiger partial charge in [0.15, 0.2) is 0 Å². The van der Waals surface area contributed by atoms with Crippen LogP contribution in [0, 0.1) is 0 Å². The number of rotatable bonds is 7. The first-order valence-electron chi connectivity index (χ1n) is 12.8. The number of hydrogen-bond acceptors (Lipinski definition) is 5. The highest BCUT2D eigenvalue weighted by atomic mass is 16.3. The Hall–Kier alpha value is -2.97. The van der Waals surface area contributed by atoms with Gasteiger partial charge < -0.3 is 20.6 Å². The summed E-state index contributed by atoms with van der Waals surface area (Å²) in [4.78, 5) is 19.4. The lowest BCUT2D eigenvalue weighted by atomic mass is 9.96. The Balaban J connectivity index is 1.31. The quantitative estimate of drug-likeness (QED) is 0.419. The van der Waals surface area contributed by atoms with Crippen molar-refractivity contribution in [2.45, 2.75) is 64.0 Å². The Labute approximate surface area is 207 Å². The molecule has 0 radical (unpaired) electrons. The number of nitrogens with one attached hydrogen (secondary N) is 2. The number of hydrogen-bond donors (Lipinski definition) is 3. The first-order valence-corrected chi connectivity index (χ1v) is 12.8. The van der Waals surface area contributed by atoms with Gasteiger partial charge in [-0.15, -0.1) is 0 Å². The van der Waals surface area contributed by atoms with Crippen LogP contribution in [0.25, 0.3) is 12.8 Å². The van der Waals surface area contributed by atoms with Gasteiger partial charge in [0.25, 0.3) is 5.91 Å². The van der Waals surface area contributed by atoms with Crippen molar-refractivity contribution < 1.29 is 9.90 Å². The molecule has 1 saturated carbocycles. The highest BCUT2D eigenvalue weighted by Crippen LogP contribution is 2.25. The van der Waals surface area contributed by atoms with E-state index in [9.17, 15) is 4.79 Å². The molecule has 2 fully saturated rings. The van der Waals surface area contributed by atoms with Gasteiger partial charge in [-0.3, -0.25) is 9.48 Å². The van der Waals surface area contributed by atoms with Gasteiger partial charge in [-0.1, -0.05) is 25.8 Å². The lowest BCUT2D eigenvalue weighted by Crippen LogP contribution is -2.45. The summed E-state index contributed by atoms with van der Waals surface area (Å²) in [5.74, 6) is 0.704. The van der Waals surface area contributed by atoms with E-state index in [0.29, 0.717) is 18.2 Å². The SMILES string of the molecule is C=c1/c(=C\N=C(C)Nc2ccc(C(=O)NC3CCN(CCO)CC3)cc2)cnn1C1CCCCC1. The lowest BCUT2D eigenvalue weighted by Gasteiger charge is -2.31. The highest BCUT2D eigenvalue weighted by Gasteiger charge is 2.21. The summed E-state index contributed by atoms with van der Waals surface area (Å²) >= 11 is 0. The normalized spacial score (nSPS) is 19.1. The number of β-amino-alcohol motifs (C(OH)–C–C–N with tert-alkyl or cyclic N) is 1. The molecule has 1 aromatic carbocycles. The molecule has 8 heteroatoms. The van der Waals surface area contributed by atoms with Crippen LogP contribution < -0.4 is 21.2 Å². The van der Waals surface area contributed by atoms with Crippen LogP contribution in [0.3, 0.4) is 0 Å². The molecule has 0 atom stereocenters. The zero-order valence-electron chi connectivity index (χ0n) is 20.7. The first-order chi connectivity index (χ1) is 17.0. The summed E-state index contributed by atoms with van der Waals surface area (Å²) < 4.78 is 2.06. The van der Waals surface area contributed by atoms with Gasteiger partial charge in [0.05, 0.1) is 24.2 Å². The Bertz CT molecular complexity index is 1110. The van der Waals surface area contributed by atoms with Crippen LogP contribution >= 0.6 is 0 Å². The fourth-order valence-electron chi connectivity index (χ4n) is 4.97. The number of likely N-dealkylation sites (tertiary alicyclic amines) is 1. The number of aliphatic hydroxyl groups excluding tert-OH is 1. The van der Waals surface area contributed by atoms with Crippen molar-refractivity contribution in [2.75, 3.05) is 31.6 Å². The molecule has 0 spiro atoms. The van der Waals surface area contributed by atoms with Gasteiger partial charge in [-0.05, 0) is 56.9 Å². The first kappa shape index (κ1) is 25.1. The number of aliphatic imine (C=N–C) groups is 1. The third-order valence-corrected chi connectivity index (χ3v) is 7.06. The summed E-state index contributed by atoms with van der Waals surface area (Å²) in [5.41, 5.74) is 1.52. The van der Waals surface area contributed by atoms with E-state index < -0.39 is 0 Å². The van der Waals surface area contributed by atoms with E-state index in [4.69, 9.17) is 5.11 Å². The molecule has 1 aliphatic heterocycles. The standard InChI is InChI=1S/C27H38N6O2/c1-20-23(19-29-33(20)26-6-4-3-5-7-26)18-28-21(2)30-24-10-8-22(9-11-24)27(35)31-25-12-14-32(15-13-25)16-17-34/h8-11,18-19,25-26,34H,1,3-7,12-17H2,2H3,(H,28,30)(H,31,35)/b23-18-. The van der Waals surface area contributed by atoms with E-state index in [1.54, 1.807) is 0 Å². The van der Waals surface area contributed by atoms with Crippen LogP contribution in [0.2, 0.25) is 0 Å². The summed E-state index contributed by atoms with van der Waals surface area (Å²) in [6.07, 6.45) is 11.7. The lowest BCUT2D eigenvalue weighted by molar-refractivity contribution is 0.0903. The van der Waals surface area contributed by atoms with E-state index in [2.05, 4.69) is 36.9 Å². The third-order valence-electron chi connectivity index (χ3n) is 7.06. The average Bonchev–Trinajstić information content (AvgIpc) is 3.25. The van der Waals surface area contributed by atoms with Crippen molar-refractivity contribution in [1.29, 1.82) is 0 Å². The van der Waals surface area contributed by atoms with Gasteiger partial charge in [0.2, 0.25) is 0 Å². The number of anilines is 1. The molecular formula is C27H38N6O2. The molecule has 1 amide bonds. The molecule has 35 heavy (non-hydrogen) atoms. The molecule has 2 heterocycles. The molecule has 3 N–H and O–H groups in total. The molecule has 8 nitrogen and oxygen atoms in total. The number of piperidine rings is 1. The summed E-state index contributed by atoms with van der Waals surface area (Å²) in [7, 11) is 0. The maximum absolute atomic E-state index is 12.6. The second-order valence-electron chi connectivity index (χ2n) is 9.64. The van der Waals surface area contributed by atoms with Crippen LogP contribution in [0.15, 0.2) is 35.5 Å². The third kappa shape index (κ3) is 6.80. The summed E-state index contributed by atoms with van der Waals surface area (Å²) in [6.45, 7) is 8.83. The van der Waals surface area contributed by atoms with E-state index >= 15 is 0 Å². The number of benzene rings is 1. The largest absolute Gasteiger partial charge is 0.395 e. The number of amides is 1. The fourth-order valence-corrected chi connectivity index (χ4v) is 4.97.